The quantitative estimate of drug-likeness (QED) is 0.790. The molecule has 1 aliphatic rings. The predicted molar refractivity (Wildman–Crippen MR) is 69.6 cm³/mol. The standard InChI is InChI=1S/C14H18FN3/c15-11-6-10(9-16)7-12(8-11)18-14-5-3-1-2-4-13(14)17/h6-8,13-14,18H,1-5,17H2. The molecule has 96 valence electrons. The Kier molecular flexibility index (Phi) is 4.16. The van der Waals surface area contributed by atoms with Crippen molar-refractivity contribution in [2.75, 3.05) is 5.32 Å². The summed E-state index contributed by atoms with van der Waals surface area (Å²) in [5.74, 6) is -0.390. The van der Waals surface area contributed by atoms with Gasteiger partial charge in [0.2, 0.25) is 0 Å². The molecule has 1 fully saturated rings. The Hall–Kier alpha value is -1.60. The van der Waals surface area contributed by atoms with Crippen LogP contribution in [-0.2, 0) is 0 Å². The van der Waals surface area contributed by atoms with Gasteiger partial charge in [0.05, 0.1) is 11.6 Å². The highest BCUT2D eigenvalue weighted by molar-refractivity contribution is 5.50. The first kappa shape index (κ1) is 12.8. The number of anilines is 1. The third-order valence-corrected chi connectivity index (χ3v) is 3.45. The van der Waals surface area contributed by atoms with Crippen molar-refractivity contribution in [1.29, 1.82) is 5.26 Å². The van der Waals surface area contributed by atoms with Gasteiger partial charge in [0.1, 0.15) is 5.82 Å². The van der Waals surface area contributed by atoms with Crippen LogP contribution in [0.1, 0.15) is 37.7 Å². The third-order valence-electron chi connectivity index (χ3n) is 3.45. The Balaban J connectivity index is 2.12. The molecular formula is C14H18FN3. The van der Waals surface area contributed by atoms with Crippen LogP contribution in [0.4, 0.5) is 10.1 Å². The number of hydrogen-bond acceptors (Lipinski definition) is 3. The zero-order valence-electron chi connectivity index (χ0n) is 10.3. The molecule has 0 saturated heterocycles. The van der Waals surface area contributed by atoms with E-state index in [1.165, 1.54) is 18.6 Å². The van der Waals surface area contributed by atoms with Crippen LogP contribution in [0.3, 0.4) is 0 Å². The fourth-order valence-corrected chi connectivity index (χ4v) is 2.47. The van der Waals surface area contributed by atoms with Crippen molar-refractivity contribution < 1.29 is 4.39 Å². The minimum Gasteiger partial charge on any atom is -0.381 e. The smallest absolute Gasteiger partial charge is 0.126 e. The van der Waals surface area contributed by atoms with Gasteiger partial charge in [-0.1, -0.05) is 19.3 Å². The van der Waals surface area contributed by atoms with Gasteiger partial charge in [0, 0.05) is 17.8 Å². The first-order valence-corrected chi connectivity index (χ1v) is 6.42. The number of rotatable bonds is 2. The number of hydrogen-bond donors (Lipinski definition) is 2. The van der Waals surface area contributed by atoms with E-state index in [0.29, 0.717) is 11.3 Å². The van der Waals surface area contributed by atoms with Crippen molar-refractivity contribution >= 4 is 5.69 Å². The van der Waals surface area contributed by atoms with Crippen molar-refractivity contribution in [1.82, 2.24) is 0 Å². The van der Waals surface area contributed by atoms with E-state index in [1.807, 2.05) is 6.07 Å². The van der Waals surface area contributed by atoms with Crippen LogP contribution >= 0.6 is 0 Å². The normalized spacial score (nSPS) is 24.1. The molecule has 0 heterocycles. The third kappa shape index (κ3) is 3.21. The van der Waals surface area contributed by atoms with Gasteiger partial charge in [-0.05, 0) is 31.0 Å². The minimum atomic E-state index is -0.390. The van der Waals surface area contributed by atoms with E-state index in [2.05, 4.69) is 5.32 Å². The average molecular weight is 247 g/mol. The lowest BCUT2D eigenvalue weighted by Crippen LogP contribution is -2.39. The van der Waals surface area contributed by atoms with Gasteiger partial charge in [-0.3, -0.25) is 0 Å². The van der Waals surface area contributed by atoms with Crippen molar-refractivity contribution in [2.45, 2.75) is 44.2 Å². The lowest BCUT2D eigenvalue weighted by molar-refractivity contribution is 0.528. The summed E-state index contributed by atoms with van der Waals surface area (Å²) in [7, 11) is 0. The molecule has 0 aliphatic heterocycles. The molecule has 0 amide bonds. The van der Waals surface area contributed by atoms with Gasteiger partial charge in [-0.15, -0.1) is 0 Å². The molecule has 0 aromatic heterocycles. The predicted octanol–water partition coefficient (Wildman–Crippen LogP) is 2.77. The summed E-state index contributed by atoms with van der Waals surface area (Å²) in [6.45, 7) is 0. The molecule has 4 heteroatoms. The number of halogens is 1. The SMILES string of the molecule is N#Cc1cc(F)cc(NC2CCCCCC2N)c1. The first-order chi connectivity index (χ1) is 8.69. The molecule has 2 rings (SSSR count). The van der Waals surface area contributed by atoms with Gasteiger partial charge >= 0.3 is 0 Å². The molecular weight excluding hydrogens is 229 g/mol. The van der Waals surface area contributed by atoms with E-state index in [1.54, 1.807) is 6.07 Å². The summed E-state index contributed by atoms with van der Waals surface area (Å²) in [4.78, 5) is 0. The highest BCUT2D eigenvalue weighted by Gasteiger charge is 2.20. The second-order valence-corrected chi connectivity index (χ2v) is 4.89. The van der Waals surface area contributed by atoms with Crippen molar-refractivity contribution in [2.24, 2.45) is 5.73 Å². The number of benzene rings is 1. The molecule has 1 aliphatic carbocycles. The lowest BCUT2D eigenvalue weighted by Gasteiger charge is -2.24. The molecule has 1 aromatic carbocycles. The van der Waals surface area contributed by atoms with Crippen LogP contribution in [0.5, 0.6) is 0 Å². The fourth-order valence-electron chi connectivity index (χ4n) is 2.47. The maximum absolute atomic E-state index is 13.3. The Morgan fingerprint density at radius 2 is 2.00 bits per heavy atom. The zero-order valence-corrected chi connectivity index (χ0v) is 10.3. The van der Waals surface area contributed by atoms with Gasteiger partial charge < -0.3 is 11.1 Å². The number of nitrogens with one attached hydrogen (secondary N) is 1. The summed E-state index contributed by atoms with van der Waals surface area (Å²) < 4.78 is 13.3. The summed E-state index contributed by atoms with van der Waals surface area (Å²) in [6, 6.07) is 6.54. The maximum atomic E-state index is 13.3. The topological polar surface area (TPSA) is 61.8 Å². The molecule has 0 bridgehead atoms. The second kappa shape index (κ2) is 5.83. The van der Waals surface area contributed by atoms with Crippen LogP contribution in [0.25, 0.3) is 0 Å². The van der Waals surface area contributed by atoms with E-state index in [9.17, 15) is 4.39 Å². The van der Waals surface area contributed by atoms with E-state index >= 15 is 0 Å². The van der Waals surface area contributed by atoms with Crippen LogP contribution < -0.4 is 11.1 Å². The first-order valence-electron chi connectivity index (χ1n) is 6.42. The van der Waals surface area contributed by atoms with Gasteiger partial charge in [-0.2, -0.15) is 5.26 Å². The minimum absolute atomic E-state index is 0.0984. The molecule has 2 atom stereocenters. The molecule has 2 unspecified atom stereocenters. The van der Waals surface area contributed by atoms with Gasteiger partial charge in [-0.25, -0.2) is 4.39 Å². The second-order valence-electron chi connectivity index (χ2n) is 4.89. The molecule has 1 saturated carbocycles. The Morgan fingerprint density at radius 3 is 2.78 bits per heavy atom. The summed E-state index contributed by atoms with van der Waals surface area (Å²) >= 11 is 0. The van der Waals surface area contributed by atoms with Crippen molar-refractivity contribution in [3.05, 3.63) is 29.6 Å². The van der Waals surface area contributed by atoms with Gasteiger partial charge in [0.15, 0.2) is 0 Å². The molecule has 0 radical (unpaired) electrons. The molecule has 0 spiro atoms. The average Bonchev–Trinajstić information content (AvgIpc) is 2.54. The number of nitrogens with two attached hydrogens (primary N) is 1. The van der Waals surface area contributed by atoms with E-state index in [4.69, 9.17) is 11.0 Å². The monoisotopic (exact) mass is 247 g/mol. The molecule has 3 nitrogen and oxygen atoms in total. The van der Waals surface area contributed by atoms with Crippen LogP contribution in [0.15, 0.2) is 18.2 Å². The lowest BCUT2D eigenvalue weighted by atomic mass is 10.0. The largest absolute Gasteiger partial charge is 0.381 e. The van der Waals surface area contributed by atoms with Crippen LogP contribution in [0.2, 0.25) is 0 Å². The molecule has 1 aromatic rings. The number of nitrogens with zero attached hydrogens (tertiary/aromatic N) is 1. The Labute approximate surface area is 107 Å². The summed E-state index contributed by atoms with van der Waals surface area (Å²) in [6.07, 6.45) is 5.51. The summed E-state index contributed by atoms with van der Waals surface area (Å²) in [5.41, 5.74) is 7.09. The van der Waals surface area contributed by atoms with E-state index in [0.717, 1.165) is 25.7 Å². The van der Waals surface area contributed by atoms with Crippen molar-refractivity contribution in [3.8, 4) is 6.07 Å². The van der Waals surface area contributed by atoms with E-state index < -0.39 is 5.82 Å². The Morgan fingerprint density at radius 1 is 1.22 bits per heavy atom. The highest BCUT2D eigenvalue weighted by Crippen LogP contribution is 2.22. The van der Waals surface area contributed by atoms with Crippen LogP contribution in [-0.4, -0.2) is 12.1 Å². The molecule has 18 heavy (non-hydrogen) atoms. The van der Waals surface area contributed by atoms with Crippen molar-refractivity contribution in [3.63, 3.8) is 0 Å². The van der Waals surface area contributed by atoms with Gasteiger partial charge in [0.25, 0.3) is 0 Å². The fraction of sp³-hybridized carbons (Fsp3) is 0.500. The summed E-state index contributed by atoms with van der Waals surface area (Å²) in [5, 5.41) is 12.1. The van der Waals surface area contributed by atoms with E-state index in [-0.39, 0.29) is 12.1 Å². The number of nitriles is 1. The zero-order chi connectivity index (χ0) is 13.0. The Bertz CT molecular complexity index is 453. The maximum Gasteiger partial charge on any atom is 0.126 e. The highest BCUT2D eigenvalue weighted by atomic mass is 19.1. The van der Waals surface area contributed by atoms with Crippen LogP contribution in [0, 0.1) is 17.1 Å². The molecule has 3 N–H and O–H groups in total.